The summed E-state index contributed by atoms with van der Waals surface area (Å²) in [6, 6.07) is 0. The van der Waals surface area contributed by atoms with Gasteiger partial charge in [-0.25, -0.2) is 0 Å². The van der Waals surface area contributed by atoms with Crippen molar-refractivity contribution in [2.75, 3.05) is 0 Å². The zero-order valence-corrected chi connectivity index (χ0v) is 10.1. The van der Waals surface area contributed by atoms with Crippen molar-refractivity contribution in [1.82, 2.24) is 0 Å². The van der Waals surface area contributed by atoms with E-state index in [1.165, 1.54) is 5.57 Å². The van der Waals surface area contributed by atoms with Gasteiger partial charge < -0.3 is 5.73 Å². The molecule has 0 radical (unpaired) electrons. The van der Waals surface area contributed by atoms with Gasteiger partial charge >= 0.3 is 0 Å². The summed E-state index contributed by atoms with van der Waals surface area (Å²) in [6.45, 7) is 11.5. The fourth-order valence-electron chi connectivity index (χ4n) is 2.25. The third-order valence-electron chi connectivity index (χ3n) is 3.64. The smallest absolute Gasteiger partial charge is 0.0273 e. The molecule has 1 nitrogen and oxygen atoms in total. The Morgan fingerprint density at radius 1 is 1.29 bits per heavy atom. The van der Waals surface area contributed by atoms with Crippen LogP contribution in [0.15, 0.2) is 23.4 Å². The minimum atomic E-state index is 0.303. The van der Waals surface area contributed by atoms with Gasteiger partial charge in [0.05, 0.1) is 0 Å². The van der Waals surface area contributed by atoms with Crippen LogP contribution in [-0.4, -0.2) is 0 Å². The number of allylic oxidation sites excluding steroid dienone is 3. The highest BCUT2D eigenvalue weighted by atomic mass is 14.6. The molecule has 1 rings (SSSR count). The Hall–Kier alpha value is -0.720. The molecule has 0 amide bonds. The van der Waals surface area contributed by atoms with Crippen molar-refractivity contribution in [2.45, 2.75) is 41.0 Å². The third-order valence-corrected chi connectivity index (χ3v) is 3.64. The van der Waals surface area contributed by atoms with Crippen LogP contribution in [0, 0.1) is 17.3 Å². The van der Waals surface area contributed by atoms with Gasteiger partial charge in [-0.1, -0.05) is 46.3 Å². The summed E-state index contributed by atoms with van der Waals surface area (Å²) in [5.41, 5.74) is 8.62. The van der Waals surface area contributed by atoms with Crippen molar-refractivity contribution in [1.29, 1.82) is 0 Å². The van der Waals surface area contributed by atoms with E-state index in [-0.39, 0.29) is 0 Å². The average Bonchev–Trinajstić information content (AvgIpc) is 2.08. The molecule has 0 heterocycles. The van der Waals surface area contributed by atoms with Crippen molar-refractivity contribution in [3.8, 4) is 0 Å². The Morgan fingerprint density at radius 3 is 2.29 bits per heavy atom. The Kier molecular flexibility index (Phi) is 3.08. The first kappa shape index (κ1) is 11.4. The molecule has 0 bridgehead atoms. The van der Waals surface area contributed by atoms with Gasteiger partial charge in [0.2, 0.25) is 0 Å². The molecule has 2 N–H and O–H groups in total. The summed E-state index contributed by atoms with van der Waals surface area (Å²) >= 11 is 0. The summed E-state index contributed by atoms with van der Waals surface area (Å²) in [5, 5.41) is 0. The highest BCUT2D eigenvalue weighted by Gasteiger charge is 2.34. The predicted molar refractivity (Wildman–Crippen MR) is 62.8 cm³/mol. The van der Waals surface area contributed by atoms with Crippen LogP contribution < -0.4 is 5.73 Å². The molecule has 1 unspecified atom stereocenters. The molecule has 0 aliphatic heterocycles. The Morgan fingerprint density at radius 2 is 1.86 bits per heavy atom. The maximum atomic E-state index is 5.87. The molecule has 0 saturated carbocycles. The van der Waals surface area contributed by atoms with Crippen LogP contribution in [0.25, 0.3) is 0 Å². The number of rotatable bonds is 2. The van der Waals surface area contributed by atoms with E-state index in [1.807, 2.05) is 0 Å². The molecular formula is C13H23N. The lowest BCUT2D eigenvalue weighted by molar-refractivity contribution is 0.254. The van der Waals surface area contributed by atoms with Crippen LogP contribution >= 0.6 is 0 Å². The summed E-state index contributed by atoms with van der Waals surface area (Å²) in [4.78, 5) is 0. The molecule has 1 aliphatic carbocycles. The zero-order valence-electron chi connectivity index (χ0n) is 10.1. The van der Waals surface area contributed by atoms with E-state index >= 15 is 0 Å². The number of nitrogens with two attached hydrogens (primary N) is 1. The second-order valence-corrected chi connectivity index (χ2v) is 5.23. The molecule has 0 aromatic heterocycles. The molecule has 0 aromatic carbocycles. The van der Waals surface area contributed by atoms with Crippen molar-refractivity contribution >= 4 is 0 Å². The molecular weight excluding hydrogens is 170 g/mol. The summed E-state index contributed by atoms with van der Waals surface area (Å²) < 4.78 is 0. The standard InChI is InChI=1S/C13H23N/c1-9(2)12-8-11(14)6-7-13(12,5)10(3)4/h6,8-10H,7,14H2,1-5H3. The second kappa shape index (κ2) is 3.80. The van der Waals surface area contributed by atoms with Crippen molar-refractivity contribution in [3.63, 3.8) is 0 Å². The van der Waals surface area contributed by atoms with Crippen LogP contribution in [0.1, 0.15) is 41.0 Å². The molecule has 1 heteroatoms. The van der Waals surface area contributed by atoms with Crippen molar-refractivity contribution < 1.29 is 0 Å². The van der Waals surface area contributed by atoms with Crippen molar-refractivity contribution in [2.24, 2.45) is 23.0 Å². The normalized spacial score (nSPS) is 27.9. The number of hydrogen-bond donors (Lipinski definition) is 1. The van der Waals surface area contributed by atoms with Gasteiger partial charge in [0.15, 0.2) is 0 Å². The fraction of sp³-hybridized carbons (Fsp3) is 0.692. The lowest BCUT2D eigenvalue weighted by atomic mass is 9.65. The topological polar surface area (TPSA) is 26.0 Å². The molecule has 0 aromatic rings. The molecule has 1 aliphatic rings. The molecule has 1 atom stereocenters. The van der Waals surface area contributed by atoms with Crippen LogP contribution in [0.5, 0.6) is 0 Å². The van der Waals surface area contributed by atoms with Crippen LogP contribution in [0.3, 0.4) is 0 Å². The summed E-state index contributed by atoms with van der Waals surface area (Å²) in [5.74, 6) is 1.26. The lowest BCUT2D eigenvalue weighted by Gasteiger charge is -2.40. The maximum Gasteiger partial charge on any atom is 0.0273 e. The van der Waals surface area contributed by atoms with E-state index in [0.29, 0.717) is 17.3 Å². The van der Waals surface area contributed by atoms with Gasteiger partial charge in [-0.05, 0) is 29.7 Å². The highest BCUT2D eigenvalue weighted by molar-refractivity contribution is 5.32. The monoisotopic (exact) mass is 193 g/mol. The van der Waals surface area contributed by atoms with E-state index in [4.69, 9.17) is 5.73 Å². The third kappa shape index (κ3) is 1.87. The highest BCUT2D eigenvalue weighted by Crippen LogP contribution is 2.44. The first-order chi connectivity index (χ1) is 6.38. The largest absolute Gasteiger partial charge is 0.399 e. The van der Waals surface area contributed by atoms with E-state index in [0.717, 1.165) is 12.1 Å². The Bertz CT molecular complexity index is 271. The second-order valence-electron chi connectivity index (χ2n) is 5.23. The van der Waals surface area contributed by atoms with Crippen LogP contribution in [0.2, 0.25) is 0 Å². The first-order valence-corrected chi connectivity index (χ1v) is 5.55. The number of hydrogen-bond acceptors (Lipinski definition) is 1. The SMILES string of the molecule is CC(C)C1=CC(N)=CCC1(C)C(C)C. The summed E-state index contributed by atoms with van der Waals surface area (Å²) in [6.07, 6.45) is 5.42. The first-order valence-electron chi connectivity index (χ1n) is 5.55. The lowest BCUT2D eigenvalue weighted by Crippen LogP contribution is -2.30. The molecule has 80 valence electrons. The minimum absolute atomic E-state index is 0.303. The van der Waals surface area contributed by atoms with Crippen LogP contribution in [0.4, 0.5) is 0 Å². The molecule has 0 fully saturated rings. The molecule has 0 saturated heterocycles. The van der Waals surface area contributed by atoms with E-state index < -0.39 is 0 Å². The van der Waals surface area contributed by atoms with Gasteiger partial charge in [-0.2, -0.15) is 0 Å². The molecule has 0 spiro atoms. The van der Waals surface area contributed by atoms with E-state index in [9.17, 15) is 0 Å². The van der Waals surface area contributed by atoms with Crippen LogP contribution in [-0.2, 0) is 0 Å². The Labute approximate surface area is 88.1 Å². The maximum absolute atomic E-state index is 5.87. The van der Waals surface area contributed by atoms with E-state index in [1.54, 1.807) is 0 Å². The Balaban J connectivity index is 3.07. The van der Waals surface area contributed by atoms with Gasteiger partial charge in [0.25, 0.3) is 0 Å². The summed E-state index contributed by atoms with van der Waals surface area (Å²) in [7, 11) is 0. The predicted octanol–water partition coefficient (Wildman–Crippen LogP) is 3.48. The van der Waals surface area contributed by atoms with Gasteiger partial charge in [0, 0.05) is 5.70 Å². The zero-order chi connectivity index (χ0) is 10.9. The van der Waals surface area contributed by atoms with Crippen molar-refractivity contribution in [3.05, 3.63) is 23.4 Å². The van der Waals surface area contributed by atoms with Gasteiger partial charge in [-0.3, -0.25) is 0 Å². The van der Waals surface area contributed by atoms with E-state index in [2.05, 4.69) is 46.8 Å². The fourth-order valence-corrected chi connectivity index (χ4v) is 2.25. The molecule has 14 heavy (non-hydrogen) atoms. The van der Waals surface area contributed by atoms with Gasteiger partial charge in [0.1, 0.15) is 0 Å². The quantitative estimate of drug-likeness (QED) is 0.714. The van der Waals surface area contributed by atoms with Gasteiger partial charge in [-0.15, -0.1) is 0 Å². The average molecular weight is 193 g/mol. The minimum Gasteiger partial charge on any atom is -0.399 e.